The van der Waals surface area contributed by atoms with Gasteiger partial charge in [-0.05, 0) is 135 Å². The van der Waals surface area contributed by atoms with Crippen LogP contribution in [-0.4, -0.2) is 315 Å². The van der Waals surface area contributed by atoms with Gasteiger partial charge in [0.25, 0.3) is 5.56 Å². The van der Waals surface area contributed by atoms with Crippen molar-refractivity contribution in [3.63, 3.8) is 0 Å². The molecule has 2 aromatic heterocycles. The number of aryl methyl sites for hydroxylation is 1. The third-order valence-corrected chi connectivity index (χ3v) is 27.7. The van der Waals surface area contributed by atoms with Gasteiger partial charge in [-0.1, -0.05) is 55.5 Å². The second kappa shape index (κ2) is 55.2. The van der Waals surface area contributed by atoms with Crippen LogP contribution in [0.1, 0.15) is 164 Å². The molecule has 0 radical (unpaired) electrons. The molecule has 8 atom stereocenters. The summed E-state index contributed by atoms with van der Waals surface area (Å²) < 4.78 is 106. The molecule has 7 amide bonds. The van der Waals surface area contributed by atoms with Crippen molar-refractivity contribution < 1.29 is 149 Å². The van der Waals surface area contributed by atoms with E-state index in [1.165, 1.54) is 34.9 Å². The van der Waals surface area contributed by atoms with Gasteiger partial charge < -0.3 is 153 Å². The van der Waals surface area contributed by atoms with Crippen LogP contribution in [0.15, 0.2) is 83.7 Å². The maximum Gasteiger partial charge on any atom is 0.407 e. The summed E-state index contributed by atoms with van der Waals surface area (Å²) in [5.41, 5.74) is 15.5. The number of aromatic nitrogens is 2. The Kier molecular flexibility index (Phi) is 41.8. The fraction of sp³-hybridized carbons (Fsp3) is 0.583. The second-order valence-corrected chi connectivity index (χ2v) is 37.2. The van der Waals surface area contributed by atoms with Gasteiger partial charge in [0.05, 0.1) is 211 Å². The molecule has 6 aliphatic heterocycles. The number of anilines is 1. The molecule has 0 bridgehead atoms. The largest absolute Gasteiger partial charge is 0.479 e. The van der Waals surface area contributed by atoms with Crippen LogP contribution < -0.4 is 58.2 Å². The second-order valence-electron chi connectivity index (χ2n) is 37.2. The van der Waals surface area contributed by atoms with Crippen LogP contribution in [0.2, 0.25) is 0 Å². The van der Waals surface area contributed by atoms with E-state index < -0.39 is 114 Å². The molecule has 43 nitrogen and oxygen atoms in total. The molecule has 13 N–H and O–H groups in total. The molecule has 1 spiro atoms. The van der Waals surface area contributed by atoms with Crippen LogP contribution in [0.4, 0.5) is 14.9 Å². The number of hydrazine groups is 2. The highest BCUT2D eigenvalue weighted by atomic mass is 19.1. The smallest absolute Gasteiger partial charge is 0.407 e. The van der Waals surface area contributed by atoms with Crippen molar-refractivity contribution >= 4 is 81.5 Å². The number of carboxylic acid groups (broad SMARTS) is 1. The topological polar surface area (TPSA) is 540 Å². The van der Waals surface area contributed by atoms with Crippen LogP contribution in [-0.2, 0) is 154 Å². The van der Waals surface area contributed by atoms with Crippen molar-refractivity contribution in [2.24, 2.45) is 11.3 Å². The number of aliphatic hydroxyl groups is 4. The van der Waals surface area contributed by atoms with E-state index in [4.69, 9.17) is 80.8 Å². The van der Waals surface area contributed by atoms with Gasteiger partial charge in [0.15, 0.2) is 11.7 Å². The van der Waals surface area contributed by atoms with E-state index in [0.29, 0.717) is 230 Å². The monoisotopic (exact) mass is 2060 g/mol. The number of para-hydroxylation sites is 1. The first-order valence-corrected chi connectivity index (χ1v) is 50.5. The van der Waals surface area contributed by atoms with Crippen molar-refractivity contribution in [2.45, 2.75) is 191 Å². The Balaban J connectivity index is 0.533. The predicted molar refractivity (Wildman–Crippen MR) is 524 cm³/mol. The lowest BCUT2D eigenvalue weighted by atomic mass is 9.65. The summed E-state index contributed by atoms with van der Waals surface area (Å²) in [6.45, 7) is 11.7. The summed E-state index contributed by atoms with van der Waals surface area (Å²) >= 11 is 0. The predicted octanol–water partition coefficient (Wildman–Crippen LogP) is 4.00. The number of amides is 7. The lowest BCUT2D eigenvalue weighted by molar-refractivity contribution is -0.271. The number of esters is 1. The fourth-order valence-electron chi connectivity index (χ4n) is 19.5. The SMILES string of the molecule is CCC1(O)C(=O)OCc2c1cc1n(c2=O)Cc2c-1nc1cc(F)c(C)c3c1c2C(NC(=O)OCc1ccc(OC2OC(C(=O)O)C(O)C(O)C2O)c(CNC(=O)CCNC(=O)C(CNC(=O)CCOCCOCCOCCOCCOCCOCCOCCOCCOCCOCCOCCOC)NC(=O)C2CCC4(CC2)CCN(C(=O)CCCCC(=O)N2Cc5ccccc5C5=C(NNN5)c5ccccc52)CC4)c1)CC3. The minimum Gasteiger partial charge on any atom is -0.479 e. The zero-order valence-corrected chi connectivity index (χ0v) is 83.4. The number of aliphatic hydroxyl groups excluding tert-OH is 3. The fourth-order valence-corrected chi connectivity index (χ4v) is 19.5. The first kappa shape index (κ1) is 111. The summed E-state index contributed by atoms with van der Waals surface area (Å²) in [6.07, 6.45) is -5.58. The average Bonchev–Trinajstić information content (AvgIpc) is 1.48. The molecule has 802 valence electrons. The first-order chi connectivity index (χ1) is 71.4. The molecular formula is C103H137FN12O31. The molecule has 1 saturated carbocycles. The van der Waals surface area contributed by atoms with E-state index in [0.717, 1.165) is 46.6 Å². The Bertz CT molecular complexity index is 5600. The van der Waals surface area contributed by atoms with Gasteiger partial charge in [0.2, 0.25) is 41.7 Å². The molecule has 14 rings (SSSR count). The molecular weight excluding hydrogens is 1920 g/mol. The first-order valence-electron chi connectivity index (χ1n) is 50.5. The van der Waals surface area contributed by atoms with E-state index in [9.17, 15) is 73.5 Å². The van der Waals surface area contributed by atoms with E-state index in [1.54, 1.807) is 21.0 Å². The Morgan fingerprint density at radius 3 is 1.81 bits per heavy atom. The molecule has 147 heavy (non-hydrogen) atoms. The number of unbranched alkanes of at least 4 members (excludes halogenated alkanes) is 1. The van der Waals surface area contributed by atoms with Gasteiger partial charge >= 0.3 is 18.0 Å². The number of hydrogen-bond donors (Lipinski definition) is 13. The maximum atomic E-state index is 15.8. The van der Waals surface area contributed by atoms with Gasteiger partial charge in [-0.25, -0.2) is 23.8 Å². The molecule has 8 aliphatic rings. The number of rotatable bonds is 58. The number of methoxy groups -OCH3 is 1. The number of nitrogens with zero attached hydrogens (tertiary/aromatic N) is 4. The molecule has 2 saturated heterocycles. The third kappa shape index (κ3) is 29.4. The number of halogens is 1. The number of carboxylic acids is 1. The molecule has 8 heterocycles. The Hall–Kier alpha value is -11.4. The third-order valence-electron chi connectivity index (χ3n) is 27.7. The summed E-state index contributed by atoms with van der Waals surface area (Å²) in [4.78, 5) is 147. The Labute approximate surface area is 850 Å². The number of pyridine rings is 2. The molecule has 44 heteroatoms. The Morgan fingerprint density at radius 2 is 1.20 bits per heavy atom. The van der Waals surface area contributed by atoms with Crippen molar-refractivity contribution in [1.82, 2.24) is 57.4 Å². The standard InChI is InChI=1S/C103H137FN12O31/c1-4-103(131)74-56-80-88-72(61-116(80)97(126)73(74)63-144-100(103)129)87-76(19-18-69-64(2)75(104)57-77(108-88)86(69)87)110-101(130)145-62-65-17-20-81(146-99-93(123)91(121)92(122)94(147-99)98(127)128)68(55-65)58-106-82(117)23-29-105-96(125)78(59-107-83(118)24-32-133-35-36-135-39-40-137-43-44-139-47-48-141-51-52-143-54-53-142-50-49-140-46-45-138-42-41-136-38-37-134-34-33-132-3)109-95(124)66-21-25-102(26-22-66)27-30-114(31-28-102)84(119)15-9-10-16-85(120)115-60-67-11-5-6-12-70(67)89-90(112-113-111-89)71-13-7-8-14-79(71)115/h5-8,11-14,17,20,55-57,66,76,78,91-94,99,111-113,121-123,131H,4,9-10,15-16,18-19,21-54,58-63H2,1-3H3,(H,105,125)(H,106,117)(H,107,118)(H,109,124)(H,110,130)(H,127,128). The number of nitrogens with one attached hydrogen (secondary N) is 8. The van der Waals surface area contributed by atoms with Crippen LogP contribution in [0.5, 0.6) is 5.75 Å². The number of carbonyl (C=O) groups is 9. The van der Waals surface area contributed by atoms with Gasteiger partial charge in [-0.2, -0.15) is 0 Å². The number of cyclic esters (lactones) is 1. The van der Waals surface area contributed by atoms with Gasteiger partial charge in [0, 0.05) is 111 Å². The van der Waals surface area contributed by atoms with Crippen LogP contribution in [0.3, 0.4) is 0 Å². The number of hydrogen-bond acceptors (Lipinski definition) is 34. The highest BCUT2D eigenvalue weighted by molar-refractivity contribution is 6.02. The number of alkyl carbamates (subject to hydrolysis) is 1. The lowest BCUT2D eigenvalue weighted by Gasteiger charge is -2.45. The molecule has 4 aromatic carbocycles. The minimum absolute atomic E-state index is 0.00724. The summed E-state index contributed by atoms with van der Waals surface area (Å²) in [7, 11) is 1.63. The number of benzene rings is 4. The molecule has 3 fully saturated rings. The van der Waals surface area contributed by atoms with Crippen LogP contribution in [0.25, 0.3) is 33.7 Å². The zero-order valence-electron chi connectivity index (χ0n) is 83.4. The van der Waals surface area contributed by atoms with Crippen molar-refractivity contribution in [1.29, 1.82) is 0 Å². The van der Waals surface area contributed by atoms with Gasteiger partial charge in [0.1, 0.15) is 49.1 Å². The van der Waals surface area contributed by atoms with E-state index >= 15 is 4.39 Å². The zero-order chi connectivity index (χ0) is 104. The minimum atomic E-state index is -2.13. The highest BCUT2D eigenvalue weighted by Gasteiger charge is 2.50. The van der Waals surface area contributed by atoms with Crippen molar-refractivity contribution in [3.8, 4) is 17.1 Å². The van der Waals surface area contributed by atoms with E-state index in [2.05, 4.69) is 43.0 Å². The molecule has 8 unspecified atom stereocenters. The number of carbonyl (C=O) groups excluding carboxylic acids is 8. The van der Waals surface area contributed by atoms with Gasteiger partial charge in [-0.15, -0.1) is 5.53 Å². The summed E-state index contributed by atoms with van der Waals surface area (Å²) in [5.74, 6) is -6.05. The summed E-state index contributed by atoms with van der Waals surface area (Å²) in [5, 5.41) is 68.4. The maximum absolute atomic E-state index is 15.8. The number of ether oxygens (including phenoxy) is 16. The lowest BCUT2D eigenvalue weighted by Crippen LogP contribution is -2.61. The van der Waals surface area contributed by atoms with E-state index in [1.807, 2.05) is 58.3 Å². The average molecular weight is 2060 g/mol. The number of piperidine rings is 1. The molecule has 6 aromatic rings. The normalized spacial score (nSPS) is 19.7. The number of fused-ring (bicyclic) bond motifs is 9. The van der Waals surface area contributed by atoms with Crippen molar-refractivity contribution in [2.75, 3.05) is 190 Å². The highest BCUT2D eigenvalue weighted by Crippen LogP contribution is 2.49. The van der Waals surface area contributed by atoms with Gasteiger partial charge in [-0.3, -0.25) is 33.6 Å². The quantitative estimate of drug-likeness (QED) is 0.0189. The van der Waals surface area contributed by atoms with Crippen LogP contribution in [0, 0.1) is 24.1 Å². The number of aliphatic carboxylic acids is 1. The van der Waals surface area contributed by atoms with Crippen LogP contribution >= 0.6 is 0 Å². The summed E-state index contributed by atoms with van der Waals surface area (Å²) in [6, 6.07) is 20.7. The van der Waals surface area contributed by atoms with Crippen molar-refractivity contribution in [3.05, 3.63) is 156 Å². The molecule has 2 aliphatic carbocycles. The Morgan fingerprint density at radius 1 is 0.619 bits per heavy atom. The number of likely N-dealkylation sites (tertiary alicyclic amines) is 1. The van der Waals surface area contributed by atoms with E-state index in [-0.39, 0.29) is 148 Å².